The van der Waals surface area contributed by atoms with Crippen molar-refractivity contribution < 1.29 is 4.79 Å². The van der Waals surface area contributed by atoms with Crippen LogP contribution in [0.2, 0.25) is 0 Å². The van der Waals surface area contributed by atoms with Gasteiger partial charge in [0.2, 0.25) is 0 Å². The third kappa shape index (κ3) is 1.90. The lowest BCUT2D eigenvalue weighted by atomic mass is 9.82. The maximum absolute atomic E-state index is 11.6. The zero-order valence-electron chi connectivity index (χ0n) is 8.12. The van der Waals surface area contributed by atoms with E-state index < -0.39 is 0 Å². The highest BCUT2D eigenvalue weighted by Gasteiger charge is 2.27. The molecule has 1 aliphatic carbocycles. The Morgan fingerprint density at radius 1 is 1.64 bits per heavy atom. The van der Waals surface area contributed by atoms with Gasteiger partial charge in [-0.2, -0.15) is 0 Å². The first-order valence-electron chi connectivity index (χ1n) is 4.80. The van der Waals surface area contributed by atoms with E-state index >= 15 is 0 Å². The van der Waals surface area contributed by atoms with Crippen LogP contribution in [0.3, 0.4) is 0 Å². The molecule has 0 atom stereocenters. The van der Waals surface area contributed by atoms with Crippen molar-refractivity contribution in [2.45, 2.75) is 25.8 Å². The number of rotatable bonds is 2. The molecule has 1 aromatic heterocycles. The molecule has 0 unspecified atom stereocenters. The average Bonchev–Trinajstić information content (AvgIpc) is 2.49. The topological polar surface area (TPSA) is 55.1 Å². The van der Waals surface area contributed by atoms with Gasteiger partial charge in [-0.3, -0.25) is 4.79 Å². The highest BCUT2D eigenvalue weighted by Crippen LogP contribution is 2.27. The lowest BCUT2D eigenvalue weighted by molar-refractivity contribution is 0.0900. The molecule has 0 spiro atoms. The molecule has 0 aliphatic heterocycles. The fraction of sp³-hybridized carbons (Fsp3) is 0.500. The van der Waals surface area contributed by atoms with Crippen LogP contribution in [0.1, 0.15) is 29.4 Å². The molecule has 3 nitrogen and oxygen atoms in total. The van der Waals surface area contributed by atoms with Crippen LogP contribution in [0.5, 0.6) is 0 Å². The second-order valence-corrected chi connectivity index (χ2v) is 4.90. The Labute approximate surface area is 87.3 Å². The van der Waals surface area contributed by atoms with Crippen LogP contribution in [0, 0.1) is 5.92 Å². The monoisotopic (exact) mass is 210 g/mol. The van der Waals surface area contributed by atoms with Gasteiger partial charge in [0.15, 0.2) is 0 Å². The Hall–Kier alpha value is -1.03. The van der Waals surface area contributed by atoms with Crippen LogP contribution in [-0.4, -0.2) is 11.9 Å². The number of hydrogen-bond donors (Lipinski definition) is 2. The largest absolute Gasteiger partial charge is 0.398 e. The predicted molar refractivity (Wildman–Crippen MR) is 58.4 cm³/mol. The van der Waals surface area contributed by atoms with E-state index in [4.69, 9.17) is 5.73 Å². The minimum atomic E-state index is 0.0172. The number of nitrogen functional groups attached to an aromatic ring is 1. The maximum atomic E-state index is 11.6. The smallest absolute Gasteiger partial charge is 0.261 e. The van der Waals surface area contributed by atoms with E-state index in [1.165, 1.54) is 11.3 Å². The fourth-order valence-corrected chi connectivity index (χ4v) is 2.45. The zero-order valence-corrected chi connectivity index (χ0v) is 8.93. The summed E-state index contributed by atoms with van der Waals surface area (Å²) in [5.74, 6) is 0.775. The quantitative estimate of drug-likeness (QED) is 0.782. The van der Waals surface area contributed by atoms with Gasteiger partial charge >= 0.3 is 0 Å². The summed E-state index contributed by atoms with van der Waals surface area (Å²) in [5.41, 5.74) is 6.21. The van der Waals surface area contributed by atoms with Crippen molar-refractivity contribution in [3.05, 3.63) is 16.3 Å². The minimum absolute atomic E-state index is 0.0172. The molecule has 1 fully saturated rings. The highest BCUT2D eigenvalue weighted by atomic mass is 32.1. The molecule has 0 bridgehead atoms. The van der Waals surface area contributed by atoms with Gasteiger partial charge in [-0.1, -0.05) is 6.92 Å². The first-order valence-corrected chi connectivity index (χ1v) is 5.68. The lowest BCUT2D eigenvalue weighted by Gasteiger charge is -2.33. The standard InChI is InChI=1S/C10H14N2OS/c1-6-2-8(3-6)12-10(13)9-4-7(11)5-14-9/h4-6,8H,2-3,11H2,1H3,(H,12,13). The van der Waals surface area contributed by atoms with Crippen LogP contribution in [0.25, 0.3) is 0 Å². The van der Waals surface area contributed by atoms with Crippen LogP contribution in [-0.2, 0) is 0 Å². The molecule has 1 aromatic rings. The molecule has 1 saturated carbocycles. The van der Waals surface area contributed by atoms with E-state index in [1.807, 2.05) is 0 Å². The molecule has 0 aromatic carbocycles. The second-order valence-electron chi connectivity index (χ2n) is 3.99. The Morgan fingerprint density at radius 2 is 2.36 bits per heavy atom. The SMILES string of the molecule is CC1CC(NC(=O)c2cc(N)cs2)C1. The molecule has 2 rings (SSSR count). The Morgan fingerprint density at radius 3 is 2.86 bits per heavy atom. The number of carbonyl (C=O) groups excluding carboxylic acids is 1. The minimum Gasteiger partial charge on any atom is -0.398 e. The third-order valence-electron chi connectivity index (χ3n) is 2.55. The number of thiophene rings is 1. The van der Waals surface area contributed by atoms with Gasteiger partial charge in [0, 0.05) is 17.1 Å². The molecule has 0 saturated heterocycles. The van der Waals surface area contributed by atoms with Gasteiger partial charge in [-0.25, -0.2) is 0 Å². The molecular weight excluding hydrogens is 196 g/mol. The number of anilines is 1. The number of nitrogens with one attached hydrogen (secondary N) is 1. The van der Waals surface area contributed by atoms with Gasteiger partial charge < -0.3 is 11.1 Å². The van der Waals surface area contributed by atoms with E-state index in [0.717, 1.165) is 18.8 Å². The van der Waals surface area contributed by atoms with E-state index in [2.05, 4.69) is 12.2 Å². The zero-order chi connectivity index (χ0) is 10.1. The first kappa shape index (κ1) is 9.52. The van der Waals surface area contributed by atoms with Gasteiger partial charge in [0.25, 0.3) is 5.91 Å². The van der Waals surface area contributed by atoms with E-state index in [1.54, 1.807) is 11.4 Å². The molecule has 4 heteroatoms. The lowest BCUT2D eigenvalue weighted by Crippen LogP contribution is -2.43. The van der Waals surface area contributed by atoms with Crippen LogP contribution < -0.4 is 11.1 Å². The summed E-state index contributed by atoms with van der Waals surface area (Å²) in [4.78, 5) is 12.3. The van der Waals surface area contributed by atoms with Crippen molar-refractivity contribution in [1.29, 1.82) is 0 Å². The Bertz CT molecular complexity index is 342. The normalized spacial score (nSPS) is 25.5. The van der Waals surface area contributed by atoms with Crippen molar-refractivity contribution in [2.75, 3.05) is 5.73 Å². The Kier molecular flexibility index (Phi) is 2.46. The second kappa shape index (κ2) is 3.61. The summed E-state index contributed by atoms with van der Waals surface area (Å²) < 4.78 is 0. The average molecular weight is 210 g/mol. The van der Waals surface area contributed by atoms with E-state index in [-0.39, 0.29) is 5.91 Å². The predicted octanol–water partition coefficient (Wildman–Crippen LogP) is 1.86. The summed E-state index contributed by atoms with van der Waals surface area (Å²) in [6.07, 6.45) is 2.21. The van der Waals surface area contributed by atoms with Crippen LogP contribution in [0.15, 0.2) is 11.4 Å². The van der Waals surface area contributed by atoms with Crippen molar-refractivity contribution in [2.24, 2.45) is 5.92 Å². The summed E-state index contributed by atoms with van der Waals surface area (Å²) in [6.45, 7) is 2.20. The number of carbonyl (C=O) groups is 1. The van der Waals surface area contributed by atoms with Crippen molar-refractivity contribution in [3.8, 4) is 0 Å². The van der Waals surface area contributed by atoms with Gasteiger partial charge in [0.05, 0.1) is 4.88 Å². The van der Waals surface area contributed by atoms with Crippen LogP contribution >= 0.6 is 11.3 Å². The van der Waals surface area contributed by atoms with Gasteiger partial charge in [-0.15, -0.1) is 11.3 Å². The summed E-state index contributed by atoms with van der Waals surface area (Å²) in [7, 11) is 0. The number of hydrogen-bond acceptors (Lipinski definition) is 3. The fourth-order valence-electron chi connectivity index (χ4n) is 1.75. The van der Waals surface area contributed by atoms with Gasteiger partial charge in [-0.05, 0) is 24.8 Å². The number of nitrogens with two attached hydrogens (primary N) is 1. The molecule has 3 N–H and O–H groups in total. The molecule has 76 valence electrons. The van der Waals surface area contributed by atoms with Crippen molar-refractivity contribution >= 4 is 22.9 Å². The molecule has 1 aliphatic rings. The van der Waals surface area contributed by atoms with Gasteiger partial charge in [0.1, 0.15) is 0 Å². The molecular formula is C10H14N2OS. The molecule has 14 heavy (non-hydrogen) atoms. The third-order valence-corrected chi connectivity index (χ3v) is 3.50. The number of amides is 1. The first-order chi connectivity index (χ1) is 6.65. The summed E-state index contributed by atoms with van der Waals surface area (Å²) >= 11 is 1.40. The van der Waals surface area contributed by atoms with Crippen molar-refractivity contribution in [3.63, 3.8) is 0 Å². The van der Waals surface area contributed by atoms with E-state index in [0.29, 0.717) is 16.6 Å². The van der Waals surface area contributed by atoms with E-state index in [9.17, 15) is 4.79 Å². The van der Waals surface area contributed by atoms with Crippen molar-refractivity contribution in [1.82, 2.24) is 5.32 Å². The molecule has 0 radical (unpaired) electrons. The summed E-state index contributed by atoms with van der Waals surface area (Å²) in [6, 6.07) is 2.10. The molecule has 1 heterocycles. The Balaban J connectivity index is 1.90. The molecule has 1 amide bonds. The maximum Gasteiger partial charge on any atom is 0.261 e. The highest BCUT2D eigenvalue weighted by molar-refractivity contribution is 7.12. The van der Waals surface area contributed by atoms with Crippen LogP contribution in [0.4, 0.5) is 5.69 Å². The summed E-state index contributed by atoms with van der Waals surface area (Å²) in [5, 5.41) is 4.78.